The van der Waals surface area contributed by atoms with Gasteiger partial charge < -0.3 is 10.5 Å². The number of rotatable bonds is 7. The highest BCUT2D eigenvalue weighted by atomic mass is 35.5. The van der Waals surface area contributed by atoms with Gasteiger partial charge in [0.05, 0.1) is 39.8 Å². The average Bonchev–Trinajstić information content (AvgIpc) is 3.53. The third-order valence-corrected chi connectivity index (χ3v) is 8.29. The molecule has 13 heteroatoms. The van der Waals surface area contributed by atoms with Crippen LogP contribution >= 0.6 is 11.6 Å². The Morgan fingerprint density at radius 1 is 1.07 bits per heavy atom. The number of nitrogen functional groups attached to an aromatic ring is 1. The zero-order chi connectivity index (χ0) is 29.8. The summed E-state index contributed by atoms with van der Waals surface area (Å²) in [5.41, 5.74) is 9.46. The molecule has 0 spiro atoms. The minimum atomic E-state index is -3.45. The van der Waals surface area contributed by atoms with Crippen LogP contribution in [0.2, 0.25) is 5.02 Å². The number of hydrogen-bond donors (Lipinski definition) is 1. The third-order valence-electron chi connectivity index (χ3n) is 6.95. The van der Waals surface area contributed by atoms with Gasteiger partial charge in [-0.1, -0.05) is 17.7 Å². The first-order valence-corrected chi connectivity index (χ1v) is 15.2. The van der Waals surface area contributed by atoms with E-state index in [1.165, 1.54) is 18.5 Å². The van der Waals surface area contributed by atoms with Crippen LogP contribution in [0, 0.1) is 5.82 Å². The molecule has 0 aliphatic carbocycles. The van der Waals surface area contributed by atoms with Crippen LogP contribution < -0.4 is 10.5 Å². The molecular formula is C29H25ClFN7O3S. The van der Waals surface area contributed by atoms with Crippen LogP contribution in [0.5, 0.6) is 5.75 Å². The van der Waals surface area contributed by atoms with Gasteiger partial charge in [0.2, 0.25) is 0 Å². The smallest absolute Gasteiger partial charge is 0.175 e. The molecule has 2 N–H and O–H groups in total. The second kappa shape index (κ2) is 10.4. The second-order valence-electron chi connectivity index (χ2n) is 9.73. The molecule has 6 aromatic rings. The molecule has 3 aromatic heterocycles. The van der Waals surface area contributed by atoms with Crippen molar-refractivity contribution in [3.8, 4) is 22.7 Å². The van der Waals surface area contributed by atoms with E-state index in [0.29, 0.717) is 50.8 Å². The summed E-state index contributed by atoms with van der Waals surface area (Å²) in [6, 6.07) is 16.0. The number of benzene rings is 3. The quantitative estimate of drug-likeness (QED) is 0.248. The Hall–Kier alpha value is -4.55. The fourth-order valence-electron chi connectivity index (χ4n) is 4.97. The zero-order valence-electron chi connectivity index (χ0n) is 22.8. The van der Waals surface area contributed by atoms with Crippen molar-refractivity contribution in [2.45, 2.75) is 24.8 Å². The molecule has 0 fully saturated rings. The fourth-order valence-corrected chi connectivity index (χ4v) is 5.79. The number of sulfone groups is 1. The first-order chi connectivity index (χ1) is 20.1. The molecule has 0 saturated carbocycles. The highest BCUT2D eigenvalue weighted by Crippen LogP contribution is 2.36. The summed E-state index contributed by atoms with van der Waals surface area (Å²) in [4.78, 5) is 8.79. The summed E-state index contributed by atoms with van der Waals surface area (Å²) in [7, 11) is -3.45. The summed E-state index contributed by atoms with van der Waals surface area (Å²) >= 11 is 6.37. The number of nitrogens with zero attached hydrogens (tertiary/aromatic N) is 6. The molecule has 1 unspecified atom stereocenters. The van der Waals surface area contributed by atoms with Gasteiger partial charge in [-0.25, -0.2) is 32.1 Å². The molecular weight excluding hydrogens is 581 g/mol. The normalized spacial score (nSPS) is 12.7. The summed E-state index contributed by atoms with van der Waals surface area (Å²) in [6.45, 7) is 4.01. The second-order valence-corrected chi connectivity index (χ2v) is 12.2. The lowest BCUT2D eigenvalue weighted by molar-refractivity contribution is 0.321. The first kappa shape index (κ1) is 27.6. The van der Waals surface area contributed by atoms with Crippen molar-refractivity contribution in [2.24, 2.45) is 0 Å². The summed E-state index contributed by atoms with van der Waals surface area (Å²) in [5.74, 6) is -0.195. The van der Waals surface area contributed by atoms with Crippen molar-refractivity contribution >= 4 is 49.2 Å². The van der Waals surface area contributed by atoms with Gasteiger partial charge in [-0.05, 0) is 68.4 Å². The summed E-state index contributed by atoms with van der Waals surface area (Å²) in [6.07, 6.45) is 2.50. The van der Waals surface area contributed by atoms with E-state index >= 15 is 0 Å². The molecule has 10 nitrogen and oxygen atoms in total. The van der Waals surface area contributed by atoms with E-state index in [4.69, 9.17) is 32.3 Å². The van der Waals surface area contributed by atoms with E-state index in [1.807, 2.05) is 13.0 Å². The van der Waals surface area contributed by atoms with Crippen molar-refractivity contribution < 1.29 is 17.5 Å². The average molecular weight is 606 g/mol. The van der Waals surface area contributed by atoms with E-state index in [2.05, 4.69) is 9.97 Å². The van der Waals surface area contributed by atoms with Gasteiger partial charge in [0, 0.05) is 22.2 Å². The molecule has 0 aliphatic heterocycles. The number of aromatic nitrogens is 6. The number of fused-ring (bicyclic) bond motifs is 2. The maximum Gasteiger partial charge on any atom is 0.175 e. The van der Waals surface area contributed by atoms with Crippen molar-refractivity contribution in [2.75, 3.05) is 18.6 Å². The third kappa shape index (κ3) is 4.72. The lowest BCUT2D eigenvalue weighted by atomic mass is 10.1. The minimum absolute atomic E-state index is 0.137. The maximum atomic E-state index is 14.8. The van der Waals surface area contributed by atoms with Crippen LogP contribution in [0.25, 0.3) is 38.9 Å². The fraction of sp³-hybridized carbons (Fsp3) is 0.172. The van der Waals surface area contributed by atoms with E-state index in [1.54, 1.807) is 58.8 Å². The Labute approximate surface area is 245 Å². The highest BCUT2D eigenvalue weighted by molar-refractivity contribution is 7.90. The van der Waals surface area contributed by atoms with Crippen LogP contribution in [0.1, 0.15) is 25.6 Å². The number of anilines is 1. The van der Waals surface area contributed by atoms with Gasteiger partial charge in [0.15, 0.2) is 27.1 Å². The van der Waals surface area contributed by atoms with Gasteiger partial charge in [0.25, 0.3) is 0 Å². The van der Waals surface area contributed by atoms with Crippen LogP contribution in [0.3, 0.4) is 0 Å². The van der Waals surface area contributed by atoms with Crippen LogP contribution in [-0.4, -0.2) is 50.8 Å². The SMILES string of the molecule is CCOc1ccc(-c2nn(C(C)c3nn(-c4cccc(S(C)(=O)=O)c4)c4cc(Cl)ccc34)c3ncnc(N)c23)cc1F. The van der Waals surface area contributed by atoms with Crippen LogP contribution in [-0.2, 0) is 9.84 Å². The van der Waals surface area contributed by atoms with Crippen molar-refractivity contribution in [1.29, 1.82) is 0 Å². The molecule has 0 amide bonds. The molecule has 0 radical (unpaired) electrons. The molecule has 3 aromatic carbocycles. The van der Waals surface area contributed by atoms with Crippen molar-refractivity contribution in [3.63, 3.8) is 0 Å². The molecule has 0 bridgehead atoms. The standard InChI is InChI=1S/C29H25ClFN7O3S/c1-4-41-24-11-8-17(12-22(24)31)27-25-28(32)33-15-34-29(25)37(36-27)16(2)26-21-10-9-18(30)13-23(21)38(35-26)19-6-5-7-20(14-19)42(3,39)40/h5-16H,4H2,1-3H3,(H2,32,33,34). The van der Waals surface area contributed by atoms with E-state index < -0.39 is 21.7 Å². The summed E-state index contributed by atoms with van der Waals surface area (Å²) in [5, 5.41) is 11.5. The molecule has 42 heavy (non-hydrogen) atoms. The zero-order valence-corrected chi connectivity index (χ0v) is 24.4. The topological polar surface area (TPSA) is 131 Å². The predicted molar refractivity (Wildman–Crippen MR) is 159 cm³/mol. The van der Waals surface area contributed by atoms with Gasteiger partial charge in [-0.3, -0.25) is 0 Å². The molecule has 3 heterocycles. The van der Waals surface area contributed by atoms with Gasteiger partial charge >= 0.3 is 0 Å². The largest absolute Gasteiger partial charge is 0.491 e. The maximum absolute atomic E-state index is 14.8. The lowest BCUT2D eigenvalue weighted by Crippen LogP contribution is -2.11. The van der Waals surface area contributed by atoms with Crippen molar-refractivity contribution in [3.05, 3.63) is 83.5 Å². The number of halogens is 2. The molecule has 0 aliphatic rings. The Bertz CT molecular complexity index is 2110. The van der Waals surface area contributed by atoms with Crippen LogP contribution in [0.15, 0.2) is 71.9 Å². The van der Waals surface area contributed by atoms with Crippen LogP contribution in [0.4, 0.5) is 10.2 Å². The van der Waals surface area contributed by atoms with E-state index in [0.717, 1.165) is 11.6 Å². The monoisotopic (exact) mass is 605 g/mol. The van der Waals surface area contributed by atoms with E-state index in [-0.39, 0.29) is 16.5 Å². The molecule has 0 saturated heterocycles. The molecule has 1 atom stereocenters. The number of hydrogen-bond acceptors (Lipinski definition) is 8. The number of nitrogens with two attached hydrogens (primary N) is 1. The first-order valence-electron chi connectivity index (χ1n) is 13.0. The Morgan fingerprint density at radius 3 is 2.62 bits per heavy atom. The highest BCUT2D eigenvalue weighted by Gasteiger charge is 2.26. The van der Waals surface area contributed by atoms with E-state index in [9.17, 15) is 12.8 Å². The van der Waals surface area contributed by atoms with Gasteiger partial charge in [-0.15, -0.1) is 0 Å². The Kier molecular flexibility index (Phi) is 6.82. The van der Waals surface area contributed by atoms with Gasteiger partial charge in [-0.2, -0.15) is 10.2 Å². The number of ether oxygens (including phenoxy) is 1. The Morgan fingerprint density at radius 2 is 1.88 bits per heavy atom. The minimum Gasteiger partial charge on any atom is -0.491 e. The van der Waals surface area contributed by atoms with Gasteiger partial charge in [0.1, 0.15) is 17.8 Å². The predicted octanol–water partition coefficient (Wildman–Crippen LogP) is 5.62. The molecule has 6 rings (SSSR count). The Balaban J connectivity index is 1.54. The lowest BCUT2D eigenvalue weighted by Gasteiger charge is -2.11. The summed E-state index contributed by atoms with van der Waals surface area (Å²) < 4.78 is 48.0. The van der Waals surface area contributed by atoms with Crippen molar-refractivity contribution in [1.82, 2.24) is 29.5 Å². The molecule has 214 valence electrons.